The van der Waals surface area contributed by atoms with Crippen LogP contribution < -0.4 is 0 Å². The number of aromatic nitrogens is 2. The minimum absolute atomic E-state index is 0.0357. The van der Waals surface area contributed by atoms with Gasteiger partial charge < -0.3 is 9.80 Å². The van der Waals surface area contributed by atoms with Gasteiger partial charge >= 0.3 is 0 Å². The second-order valence-electron chi connectivity index (χ2n) is 5.63. The number of benzene rings is 1. The molecule has 0 unspecified atom stereocenters. The molecule has 116 valence electrons. The molecule has 0 aliphatic carbocycles. The first-order valence-corrected chi connectivity index (χ1v) is 7.80. The van der Waals surface area contributed by atoms with Crippen LogP contribution >= 0.6 is 0 Å². The van der Waals surface area contributed by atoms with Crippen molar-refractivity contribution in [1.82, 2.24) is 19.6 Å². The van der Waals surface area contributed by atoms with E-state index in [0.29, 0.717) is 5.69 Å². The molecular weight excluding hydrogens is 276 g/mol. The lowest BCUT2D eigenvalue weighted by Gasteiger charge is -2.33. The zero-order valence-electron chi connectivity index (χ0n) is 13.2. The van der Waals surface area contributed by atoms with Crippen molar-refractivity contribution in [2.24, 2.45) is 7.05 Å². The molecule has 2 aromatic rings. The third kappa shape index (κ3) is 2.90. The molecule has 1 aliphatic rings. The normalized spacial score (nSPS) is 16.0. The van der Waals surface area contributed by atoms with Gasteiger partial charge in [0.2, 0.25) is 0 Å². The number of carbonyl (C=O) groups excluding carboxylic acids is 1. The molecule has 0 radical (unpaired) electrons. The van der Waals surface area contributed by atoms with E-state index in [2.05, 4.69) is 16.9 Å². The molecule has 1 aromatic heterocycles. The van der Waals surface area contributed by atoms with Gasteiger partial charge in [0, 0.05) is 33.2 Å². The van der Waals surface area contributed by atoms with Crippen molar-refractivity contribution >= 4 is 5.91 Å². The topological polar surface area (TPSA) is 41.4 Å². The molecule has 0 bridgehead atoms. The zero-order chi connectivity index (χ0) is 15.5. The number of amides is 1. The van der Waals surface area contributed by atoms with Gasteiger partial charge in [-0.05, 0) is 18.2 Å². The Morgan fingerprint density at radius 1 is 1.14 bits per heavy atom. The fraction of sp³-hybridized carbons (Fsp3) is 0.412. The Balaban J connectivity index is 1.77. The summed E-state index contributed by atoms with van der Waals surface area (Å²) in [5.74, 6) is 0.0357. The standard InChI is InChI=1S/C17H22N4O/c1-3-20-9-11-21(12-10-20)17(22)15-13-16(19(2)18-15)14-7-5-4-6-8-14/h4-8,13H,3,9-12H2,1-2H3. The average Bonchev–Trinajstić information content (AvgIpc) is 2.97. The number of hydrogen-bond donors (Lipinski definition) is 0. The zero-order valence-corrected chi connectivity index (χ0v) is 13.2. The Bertz CT molecular complexity index is 642. The van der Waals surface area contributed by atoms with Gasteiger partial charge in [0.1, 0.15) is 0 Å². The summed E-state index contributed by atoms with van der Waals surface area (Å²) in [6.45, 7) is 6.65. The molecule has 5 nitrogen and oxygen atoms in total. The largest absolute Gasteiger partial charge is 0.335 e. The Kier molecular flexibility index (Phi) is 4.24. The van der Waals surface area contributed by atoms with Crippen molar-refractivity contribution in [2.45, 2.75) is 6.92 Å². The van der Waals surface area contributed by atoms with Gasteiger partial charge in [-0.1, -0.05) is 37.3 Å². The summed E-state index contributed by atoms with van der Waals surface area (Å²) in [6, 6.07) is 11.9. The van der Waals surface area contributed by atoms with E-state index in [0.717, 1.165) is 44.0 Å². The van der Waals surface area contributed by atoms with Crippen molar-refractivity contribution in [3.8, 4) is 11.3 Å². The maximum absolute atomic E-state index is 12.6. The monoisotopic (exact) mass is 298 g/mol. The van der Waals surface area contributed by atoms with Crippen LogP contribution in [-0.2, 0) is 7.05 Å². The summed E-state index contributed by atoms with van der Waals surface area (Å²) >= 11 is 0. The first-order valence-electron chi connectivity index (χ1n) is 7.80. The number of likely N-dealkylation sites (N-methyl/N-ethyl adjacent to an activating group) is 1. The predicted molar refractivity (Wildman–Crippen MR) is 86.7 cm³/mol. The molecule has 5 heteroatoms. The maximum atomic E-state index is 12.6. The van der Waals surface area contributed by atoms with Crippen LogP contribution in [0, 0.1) is 0 Å². The first-order chi connectivity index (χ1) is 10.7. The highest BCUT2D eigenvalue weighted by atomic mass is 16.2. The highest BCUT2D eigenvalue weighted by molar-refractivity contribution is 5.93. The molecular formula is C17H22N4O. The minimum atomic E-state index is 0.0357. The van der Waals surface area contributed by atoms with Crippen molar-refractivity contribution in [2.75, 3.05) is 32.7 Å². The quantitative estimate of drug-likeness (QED) is 0.868. The highest BCUT2D eigenvalue weighted by Gasteiger charge is 2.23. The van der Waals surface area contributed by atoms with E-state index in [1.165, 1.54) is 0 Å². The Morgan fingerprint density at radius 3 is 2.45 bits per heavy atom. The number of carbonyl (C=O) groups is 1. The van der Waals surface area contributed by atoms with Crippen molar-refractivity contribution in [1.29, 1.82) is 0 Å². The van der Waals surface area contributed by atoms with Gasteiger partial charge in [0.05, 0.1) is 5.69 Å². The van der Waals surface area contributed by atoms with Crippen LogP contribution in [0.4, 0.5) is 0 Å². The van der Waals surface area contributed by atoms with Crippen molar-refractivity contribution in [3.63, 3.8) is 0 Å². The van der Waals surface area contributed by atoms with Gasteiger partial charge in [-0.25, -0.2) is 0 Å². The Morgan fingerprint density at radius 2 is 1.82 bits per heavy atom. The van der Waals surface area contributed by atoms with E-state index < -0.39 is 0 Å². The molecule has 22 heavy (non-hydrogen) atoms. The van der Waals surface area contributed by atoms with Crippen LogP contribution in [0.1, 0.15) is 17.4 Å². The molecule has 0 atom stereocenters. The molecule has 0 saturated carbocycles. The molecule has 1 amide bonds. The second-order valence-corrected chi connectivity index (χ2v) is 5.63. The number of rotatable bonds is 3. The lowest BCUT2D eigenvalue weighted by Crippen LogP contribution is -2.48. The molecule has 1 aliphatic heterocycles. The molecule has 3 rings (SSSR count). The van der Waals surface area contributed by atoms with Gasteiger partial charge in [0.25, 0.3) is 5.91 Å². The number of aryl methyl sites for hydroxylation is 1. The van der Waals surface area contributed by atoms with Crippen LogP contribution in [0.3, 0.4) is 0 Å². The van der Waals surface area contributed by atoms with Crippen LogP contribution in [0.2, 0.25) is 0 Å². The van der Waals surface area contributed by atoms with E-state index >= 15 is 0 Å². The minimum Gasteiger partial charge on any atom is -0.335 e. The molecule has 2 heterocycles. The number of hydrogen-bond acceptors (Lipinski definition) is 3. The Hall–Kier alpha value is -2.14. The van der Waals surface area contributed by atoms with Crippen LogP contribution in [0.5, 0.6) is 0 Å². The first kappa shape index (κ1) is 14.8. The summed E-state index contributed by atoms with van der Waals surface area (Å²) in [5.41, 5.74) is 2.58. The summed E-state index contributed by atoms with van der Waals surface area (Å²) in [4.78, 5) is 16.9. The van der Waals surface area contributed by atoms with E-state index in [1.54, 1.807) is 4.68 Å². The molecule has 0 spiro atoms. The van der Waals surface area contributed by atoms with Crippen LogP contribution in [-0.4, -0.2) is 58.2 Å². The lowest BCUT2D eigenvalue weighted by molar-refractivity contribution is 0.0637. The SMILES string of the molecule is CCN1CCN(C(=O)c2cc(-c3ccccc3)n(C)n2)CC1. The fourth-order valence-electron chi connectivity index (χ4n) is 2.88. The summed E-state index contributed by atoms with van der Waals surface area (Å²) in [5, 5.41) is 4.41. The van der Waals surface area contributed by atoms with Crippen LogP contribution in [0.25, 0.3) is 11.3 Å². The highest BCUT2D eigenvalue weighted by Crippen LogP contribution is 2.20. The van der Waals surface area contributed by atoms with E-state index in [4.69, 9.17) is 0 Å². The third-order valence-corrected chi connectivity index (χ3v) is 4.28. The smallest absolute Gasteiger partial charge is 0.274 e. The van der Waals surface area contributed by atoms with Gasteiger partial charge in [-0.3, -0.25) is 9.48 Å². The third-order valence-electron chi connectivity index (χ3n) is 4.28. The molecule has 0 N–H and O–H groups in total. The molecule has 1 fully saturated rings. The number of piperazine rings is 1. The van der Waals surface area contributed by atoms with Crippen molar-refractivity contribution in [3.05, 3.63) is 42.1 Å². The molecule has 1 aromatic carbocycles. The summed E-state index contributed by atoms with van der Waals surface area (Å²) in [6.07, 6.45) is 0. The van der Waals surface area contributed by atoms with E-state index in [1.807, 2.05) is 48.3 Å². The van der Waals surface area contributed by atoms with Gasteiger partial charge in [-0.2, -0.15) is 5.10 Å². The summed E-state index contributed by atoms with van der Waals surface area (Å²) < 4.78 is 1.78. The summed E-state index contributed by atoms with van der Waals surface area (Å²) in [7, 11) is 1.88. The van der Waals surface area contributed by atoms with Crippen LogP contribution in [0.15, 0.2) is 36.4 Å². The second kappa shape index (κ2) is 6.32. The molecule has 1 saturated heterocycles. The van der Waals surface area contributed by atoms with Gasteiger partial charge in [-0.15, -0.1) is 0 Å². The fourth-order valence-corrected chi connectivity index (χ4v) is 2.88. The lowest BCUT2D eigenvalue weighted by atomic mass is 10.1. The van der Waals surface area contributed by atoms with E-state index in [-0.39, 0.29) is 5.91 Å². The van der Waals surface area contributed by atoms with Gasteiger partial charge in [0.15, 0.2) is 5.69 Å². The van der Waals surface area contributed by atoms with E-state index in [9.17, 15) is 4.79 Å². The predicted octanol–water partition coefficient (Wildman–Crippen LogP) is 1.86. The Labute approximate surface area is 131 Å². The average molecular weight is 298 g/mol. The number of nitrogens with zero attached hydrogens (tertiary/aromatic N) is 4. The maximum Gasteiger partial charge on any atom is 0.274 e. The van der Waals surface area contributed by atoms with Crippen molar-refractivity contribution < 1.29 is 4.79 Å².